The molecule has 1 aromatic carbocycles. The lowest BCUT2D eigenvalue weighted by molar-refractivity contribution is -0.122. The largest absolute Gasteiger partial charge is 0.396 e. The van der Waals surface area contributed by atoms with Gasteiger partial charge in [-0.05, 0) is 32.8 Å². The summed E-state index contributed by atoms with van der Waals surface area (Å²) in [7, 11) is 0. The smallest absolute Gasteiger partial charge is 0.234 e. The van der Waals surface area contributed by atoms with Crippen molar-refractivity contribution < 1.29 is 9.90 Å². The summed E-state index contributed by atoms with van der Waals surface area (Å²) in [5, 5.41) is 11.8. The molecule has 0 saturated carbocycles. The average Bonchev–Trinajstić information content (AvgIpc) is 2.42. The van der Waals surface area contributed by atoms with Gasteiger partial charge in [0.05, 0.1) is 6.54 Å². The number of benzene rings is 1. The summed E-state index contributed by atoms with van der Waals surface area (Å²) < 4.78 is 0. The standard InChI is InChI=1S/C16H26N2O2/c1-13(2)18(9-4-10-19)12-16(20)17-11-15-7-5-14(3)6-8-15/h5-8,13,19H,4,9-12H2,1-3H3,(H,17,20). The number of rotatable bonds is 8. The Morgan fingerprint density at radius 1 is 1.30 bits per heavy atom. The number of nitrogens with one attached hydrogen (secondary N) is 1. The lowest BCUT2D eigenvalue weighted by Crippen LogP contribution is -2.41. The van der Waals surface area contributed by atoms with Crippen molar-refractivity contribution in [3.05, 3.63) is 35.4 Å². The third kappa shape index (κ3) is 6.17. The number of aliphatic hydroxyl groups is 1. The number of hydrogen-bond donors (Lipinski definition) is 2. The molecule has 0 atom stereocenters. The van der Waals surface area contributed by atoms with Crippen LogP contribution in [0.1, 0.15) is 31.4 Å². The lowest BCUT2D eigenvalue weighted by Gasteiger charge is -2.25. The molecule has 4 nitrogen and oxygen atoms in total. The predicted octanol–water partition coefficient (Wildman–Crippen LogP) is 1.70. The topological polar surface area (TPSA) is 52.6 Å². The molecule has 112 valence electrons. The Kier molecular flexibility index (Phi) is 7.26. The van der Waals surface area contributed by atoms with Crippen LogP contribution < -0.4 is 5.32 Å². The molecule has 0 aliphatic heterocycles. The van der Waals surface area contributed by atoms with Gasteiger partial charge in [-0.1, -0.05) is 29.8 Å². The number of nitrogens with zero attached hydrogens (tertiary/aromatic N) is 1. The molecule has 0 aromatic heterocycles. The number of hydrogen-bond acceptors (Lipinski definition) is 3. The molecule has 0 unspecified atom stereocenters. The summed E-state index contributed by atoms with van der Waals surface area (Å²) in [6, 6.07) is 8.45. The van der Waals surface area contributed by atoms with E-state index in [1.165, 1.54) is 5.56 Å². The first kappa shape index (κ1) is 16.7. The van der Waals surface area contributed by atoms with E-state index < -0.39 is 0 Å². The Balaban J connectivity index is 2.39. The fraction of sp³-hybridized carbons (Fsp3) is 0.562. The second-order valence-electron chi connectivity index (χ2n) is 5.40. The van der Waals surface area contributed by atoms with Crippen LogP contribution in [0.5, 0.6) is 0 Å². The number of aliphatic hydroxyl groups excluding tert-OH is 1. The van der Waals surface area contributed by atoms with Crippen LogP contribution in [0.25, 0.3) is 0 Å². The van der Waals surface area contributed by atoms with Crippen molar-refractivity contribution in [2.24, 2.45) is 0 Å². The van der Waals surface area contributed by atoms with Crippen molar-refractivity contribution in [2.45, 2.75) is 39.8 Å². The number of carbonyl (C=O) groups is 1. The summed E-state index contributed by atoms with van der Waals surface area (Å²) >= 11 is 0. The van der Waals surface area contributed by atoms with E-state index >= 15 is 0 Å². The Morgan fingerprint density at radius 2 is 1.95 bits per heavy atom. The fourth-order valence-corrected chi connectivity index (χ4v) is 1.94. The first-order valence-electron chi connectivity index (χ1n) is 7.20. The van der Waals surface area contributed by atoms with Gasteiger partial charge < -0.3 is 10.4 Å². The van der Waals surface area contributed by atoms with Gasteiger partial charge in [-0.25, -0.2) is 0 Å². The highest BCUT2D eigenvalue weighted by Gasteiger charge is 2.13. The Hall–Kier alpha value is -1.39. The van der Waals surface area contributed by atoms with E-state index in [1.54, 1.807) is 0 Å². The normalized spacial score (nSPS) is 11.1. The Morgan fingerprint density at radius 3 is 2.50 bits per heavy atom. The van der Waals surface area contributed by atoms with Gasteiger partial charge in [0.1, 0.15) is 0 Å². The van der Waals surface area contributed by atoms with Crippen molar-refractivity contribution >= 4 is 5.91 Å². The van der Waals surface area contributed by atoms with E-state index in [0.717, 1.165) is 12.1 Å². The highest BCUT2D eigenvalue weighted by molar-refractivity contribution is 5.78. The summed E-state index contributed by atoms with van der Waals surface area (Å²) in [6.07, 6.45) is 0.698. The third-order valence-electron chi connectivity index (χ3n) is 3.29. The Bertz CT molecular complexity index is 401. The molecule has 1 aromatic rings. The van der Waals surface area contributed by atoms with Crippen molar-refractivity contribution in [1.29, 1.82) is 0 Å². The summed E-state index contributed by atoms with van der Waals surface area (Å²) in [4.78, 5) is 14.0. The molecule has 0 saturated heterocycles. The van der Waals surface area contributed by atoms with E-state index in [0.29, 0.717) is 25.6 Å². The van der Waals surface area contributed by atoms with Crippen LogP contribution in [0.3, 0.4) is 0 Å². The zero-order valence-electron chi connectivity index (χ0n) is 12.7. The minimum Gasteiger partial charge on any atom is -0.396 e. The molecule has 0 spiro atoms. The Labute approximate surface area is 121 Å². The van der Waals surface area contributed by atoms with Crippen LogP contribution in [0.2, 0.25) is 0 Å². The van der Waals surface area contributed by atoms with E-state index in [1.807, 2.05) is 31.2 Å². The maximum Gasteiger partial charge on any atom is 0.234 e. The van der Waals surface area contributed by atoms with E-state index in [9.17, 15) is 4.79 Å². The quantitative estimate of drug-likeness (QED) is 0.761. The first-order chi connectivity index (χ1) is 9.52. The molecule has 4 heteroatoms. The number of carbonyl (C=O) groups excluding carboxylic acids is 1. The van der Waals surface area contributed by atoms with Gasteiger partial charge in [-0.15, -0.1) is 0 Å². The van der Waals surface area contributed by atoms with E-state index in [-0.39, 0.29) is 12.5 Å². The second kappa shape index (κ2) is 8.72. The second-order valence-corrected chi connectivity index (χ2v) is 5.40. The maximum atomic E-state index is 11.9. The molecule has 0 bridgehead atoms. The molecule has 0 fully saturated rings. The van der Waals surface area contributed by atoms with Crippen molar-refractivity contribution in [3.63, 3.8) is 0 Å². The lowest BCUT2D eigenvalue weighted by atomic mass is 10.1. The monoisotopic (exact) mass is 278 g/mol. The van der Waals surface area contributed by atoms with Gasteiger partial charge in [0.2, 0.25) is 5.91 Å². The van der Waals surface area contributed by atoms with Gasteiger partial charge in [0.15, 0.2) is 0 Å². The van der Waals surface area contributed by atoms with Gasteiger partial charge in [-0.2, -0.15) is 0 Å². The van der Waals surface area contributed by atoms with Crippen LogP contribution in [-0.2, 0) is 11.3 Å². The molecular formula is C16H26N2O2. The molecule has 20 heavy (non-hydrogen) atoms. The van der Waals surface area contributed by atoms with Crippen molar-refractivity contribution in [1.82, 2.24) is 10.2 Å². The highest BCUT2D eigenvalue weighted by atomic mass is 16.3. The van der Waals surface area contributed by atoms with Crippen LogP contribution in [0, 0.1) is 6.92 Å². The molecule has 0 heterocycles. The summed E-state index contributed by atoms with van der Waals surface area (Å²) in [5.41, 5.74) is 2.32. The fourth-order valence-electron chi connectivity index (χ4n) is 1.94. The zero-order valence-corrected chi connectivity index (χ0v) is 12.7. The molecule has 0 radical (unpaired) electrons. The van der Waals surface area contributed by atoms with Crippen LogP contribution >= 0.6 is 0 Å². The molecule has 1 amide bonds. The SMILES string of the molecule is Cc1ccc(CNC(=O)CN(CCCO)C(C)C)cc1. The van der Waals surface area contributed by atoms with Gasteiger partial charge in [-0.3, -0.25) is 9.69 Å². The van der Waals surface area contributed by atoms with E-state index in [4.69, 9.17) is 5.11 Å². The van der Waals surface area contributed by atoms with Gasteiger partial charge in [0, 0.05) is 25.7 Å². The predicted molar refractivity (Wildman–Crippen MR) is 81.4 cm³/mol. The molecular weight excluding hydrogens is 252 g/mol. The minimum absolute atomic E-state index is 0.0252. The van der Waals surface area contributed by atoms with Crippen LogP contribution in [-0.4, -0.2) is 41.7 Å². The summed E-state index contributed by atoms with van der Waals surface area (Å²) in [6.45, 7) is 8.01. The van der Waals surface area contributed by atoms with Crippen LogP contribution in [0.15, 0.2) is 24.3 Å². The van der Waals surface area contributed by atoms with Gasteiger partial charge in [0.25, 0.3) is 0 Å². The molecule has 0 aliphatic carbocycles. The molecule has 1 rings (SSSR count). The summed E-state index contributed by atoms with van der Waals surface area (Å²) in [5.74, 6) is 0.0252. The third-order valence-corrected chi connectivity index (χ3v) is 3.29. The number of amides is 1. The van der Waals surface area contributed by atoms with Gasteiger partial charge >= 0.3 is 0 Å². The number of aryl methyl sites for hydroxylation is 1. The van der Waals surface area contributed by atoms with Crippen molar-refractivity contribution in [3.8, 4) is 0 Å². The maximum absolute atomic E-state index is 11.9. The van der Waals surface area contributed by atoms with Crippen LogP contribution in [0.4, 0.5) is 0 Å². The highest BCUT2D eigenvalue weighted by Crippen LogP contribution is 2.03. The minimum atomic E-state index is 0.0252. The molecule has 0 aliphatic rings. The molecule has 2 N–H and O–H groups in total. The first-order valence-corrected chi connectivity index (χ1v) is 7.20. The van der Waals surface area contributed by atoms with E-state index in [2.05, 4.69) is 24.1 Å². The van der Waals surface area contributed by atoms with Crippen molar-refractivity contribution in [2.75, 3.05) is 19.7 Å². The zero-order chi connectivity index (χ0) is 15.0. The average molecular weight is 278 g/mol.